The largest absolute Gasteiger partial charge is 0.319 e. The fourth-order valence-electron chi connectivity index (χ4n) is 2.65. The lowest BCUT2D eigenvalue weighted by Crippen LogP contribution is -2.42. The van der Waals surface area contributed by atoms with Crippen molar-refractivity contribution < 1.29 is 13.3 Å². The molecule has 1 saturated heterocycles. The summed E-state index contributed by atoms with van der Waals surface area (Å²) in [6, 6.07) is 3.44. The molecule has 1 unspecified atom stereocenters. The molecular formula is C13H19Cl2N3O4S. The smallest absolute Gasteiger partial charge is 0.271 e. The van der Waals surface area contributed by atoms with E-state index >= 15 is 0 Å². The van der Waals surface area contributed by atoms with Gasteiger partial charge in [-0.05, 0) is 38.4 Å². The fraction of sp³-hybridized carbons (Fsp3) is 0.538. The Morgan fingerprint density at radius 2 is 2.17 bits per heavy atom. The molecule has 0 bridgehead atoms. The third-order valence-corrected chi connectivity index (χ3v) is 6.07. The van der Waals surface area contributed by atoms with Gasteiger partial charge in [0.25, 0.3) is 5.69 Å². The first-order valence-electron chi connectivity index (χ1n) is 6.95. The number of hydrogen-bond acceptors (Lipinski definition) is 5. The summed E-state index contributed by atoms with van der Waals surface area (Å²) >= 11 is 5.95. The van der Waals surface area contributed by atoms with Crippen LogP contribution in [-0.4, -0.2) is 44.3 Å². The number of nitro groups is 1. The van der Waals surface area contributed by atoms with Crippen LogP contribution >= 0.6 is 24.0 Å². The molecule has 130 valence electrons. The van der Waals surface area contributed by atoms with Crippen LogP contribution < -0.4 is 5.32 Å². The van der Waals surface area contributed by atoms with Crippen molar-refractivity contribution in [3.8, 4) is 0 Å². The summed E-state index contributed by atoms with van der Waals surface area (Å²) in [5.41, 5.74) is -0.226. The second-order valence-corrected chi connectivity index (χ2v) is 7.61. The molecule has 2 rings (SSSR count). The molecule has 0 saturated carbocycles. The van der Waals surface area contributed by atoms with Crippen LogP contribution in [0, 0.1) is 16.0 Å². The fourth-order valence-corrected chi connectivity index (χ4v) is 4.72. The predicted molar refractivity (Wildman–Crippen MR) is 90.8 cm³/mol. The van der Waals surface area contributed by atoms with Crippen molar-refractivity contribution in [2.24, 2.45) is 5.92 Å². The number of piperidine rings is 1. The van der Waals surface area contributed by atoms with Crippen LogP contribution in [0.5, 0.6) is 0 Å². The van der Waals surface area contributed by atoms with Crippen LogP contribution in [-0.2, 0) is 10.0 Å². The maximum absolute atomic E-state index is 12.7. The Balaban J connectivity index is 0.00000264. The van der Waals surface area contributed by atoms with Crippen molar-refractivity contribution in [2.45, 2.75) is 17.7 Å². The Morgan fingerprint density at radius 3 is 2.74 bits per heavy atom. The number of rotatable bonds is 5. The second kappa shape index (κ2) is 8.25. The lowest BCUT2D eigenvalue weighted by atomic mass is 10.00. The van der Waals surface area contributed by atoms with Gasteiger partial charge in [0.1, 0.15) is 4.90 Å². The van der Waals surface area contributed by atoms with Gasteiger partial charge < -0.3 is 5.32 Å². The third-order valence-electron chi connectivity index (χ3n) is 3.72. The van der Waals surface area contributed by atoms with Crippen molar-refractivity contribution in [1.82, 2.24) is 9.62 Å². The normalized spacial score (nSPS) is 19.1. The van der Waals surface area contributed by atoms with Crippen LogP contribution in [0.1, 0.15) is 12.8 Å². The summed E-state index contributed by atoms with van der Waals surface area (Å²) < 4.78 is 26.8. The zero-order valence-corrected chi connectivity index (χ0v) is 15.0. The minimum absolute atomic E-state index is 0. The van der Waals surface area contributed by atoms with E-state index < -0.39 is 14.9 Å². The SMILES string of the molecule is CNCC1CCCN(S(=O)(=O)c2ccc([N+](=O)[O-])cc2Cl)C1.Cl. The molecule has 0 spiro atoms. The summed E-state index contributed by atoms with van der Waals surface area (Å²) in [4.78, 5) is 10.0. The highest BCUT2D eigenvalue weighted by Crippen LogP contribution is 2.30. The number of hydrogen-bond donors (Lipinski definition) is 1. The average Bonchev–Trinajstić information content (AvgIpc) is 2.47. The van der Waals surface area contributed by atoms with Crippen molar-refractivity contribution in [1.29, 1.82) is 0 Å². The van der Waals surface area contributed by atoms with Crippen molar-refractivity contribution >= 4 is 39.7 Å². The highest BCUT2D eigenvalue weighted by Gasteiger charge is 2.31. The molecule has 1 aromatic rings. The number of nitrogens with one attached hydrogen (secondary N) is 1. The van der Waals surface area contributed by atoms with Gasteiger partial charge in [-0.15, -0.1) is 12.4 Å². The standard InChI is InChI=1S/C13H18ClN3O4S.ClH/c1-15-8-10-3-2-6-16(9-10)22(20,21)13-5-4-11(17(18)19)7-12(13)14;/h4-5,7,10,15H,2-3,6,8-9H2,1H3;1H. The summed E-state index contributed by atoms with van der Waals surface area (Å²) in [6.07, 6.45) is 1.76. The second-order valence-electron chi connectivity index (χ2n) is 5.30. The molecule has 10 heteroatoms. The van der Waals surface area contributed by atoms with E-state index in [1.165, 1.54) is 10.4 Å². The lowest BCUT2D eigenvalue weighted by Gasteiger charge is -2.32. The maximum atomic E-state index is 12.7. The minimum atomic E-state index is -3.74. The Morgan fingerprint density at radius 1 is 1.48 bits per heavy atom. The Labute approximate surface area is 146 Å². The van der Waals surface area contributed by atoms with E-state index in [2.05, 4.69) is 5.32 Å². The van der Waals surface area contributed by atoms with Crippen molar-refractivity contribution in [3.63, 3.8) is 0 Å². The zero-order chi connectivity index (χ0) is 16.3. The summed E-state index contributed by atoms with van der Waals surface area (Å²) in [5, 5.41) is 13.6. The lowest BCUT2D eigenvalue weighted by molar-refractivity contribution is -0.384. The molecule has 0 aromatic heterocycles. The molecule has 1 aliphatic heterocycles. The van der Waals surface area contributed by atoms with Gasteiger partial charge >= 0.3 is 0 Å². The third kappa shape index (κ3) is 4.54. The van der Waals surface area contributed by atoms with Gasteiger partial charge in [0.15, 0.2) is 0 Å². The van der Waals surface area contributed by atoms with Gasteiger partial charge in [-0.2, -0.15) is 4.31 Å². The first-order chi connectivity index (χ1) is 10.4. The van der Waals surface area contributed by atoms with Crippen molar-refractivity contribution in [2.75, 3.05) is 26.7 Å². The molecule has 0 amide bonds. The molecule has 0 radical (unpaired) electrons. The van der Waals surface area contributed by atoms with Crippen molar-refractivity contribution in [3.05, 3.63) is 33.3 Å². The molecule has 1 aromatic carbocycles. The van der Waals surface area contributed by atoms with Crippen LogP contribution in [0.4, 0.5) is 5.69 Å². The first-order valence-corrected chi connectivity index (χ1v) is 8.76. The van der Waals surface area contributed by atoms with Crippen LogP contribution in [0.2, 0.25) is 5.02 Å². The van der Waals surface area contributed by atoms with Gasteiger partial charge in [-0.1, -0.05) is 11.6 Å². The monoisotopic (exact) mass is 383 g/mol. The number of non-ortho nitro benzene ring substituents is 1. The summed E-state index contributed by atoms with van der Waals surface area (Å²) in [5.74, 6) is 0.255. The van der Waals surface area contributed by atoms with E-state index in [1.807, 2.05) is 7.05 Å². The van der Waals surface area contributed by atoms with E-state index in [9.17, 15) is 18.5 Å². The molecule has 1 N–H and O–H groups in total. The molecule has 1 aliphatic rings. The molecule has 23 heavy (non-hydrogen) atoms. The van der Waals surface area contributed by atoms with Gasteiger partial charge in [0.05, 0.1) is 9.95 Å². The zero-order valence-electron chi connectivity index (χ0n) is 12.6. The highest BCUT2D eigenvalue weighted by molar-refractivity contribution is 7.89. The van der Waals surface area contributed by atoms with Crippen LogP contribution in [0.25, 0.3) is 0 Å². The van der Waals surface area contributed by atoms with Crippen LogP contribution in [0.15, 0.2) is 23.1 Å². The quantitative estimate of drug-likeness (QED) is 0.621. The van der Waals surface area contributed by atoms with E-state index in [-0.39, 0.29) is 33.9 Å². The molecule has 1 fully saturated rings. The first kappa shape index (κ1) is 20.1. The Hall–Kier alpha value is -0.930. The van der Waals surface area contributed by atoms with Gasteiger partial charge in [-0.25, -0.2) is 8.42 Å². The van der Waals surface area contributed by atoms with Gasteiger partial charge in [0.2, 0.25) is 10.0 Å². The number of benzene rings is 1. The molecular weight excluding hydrogens is 365 g/mol. The molecule has 1 atom stereocenters. The number of nitrogens with zero attached hydrogens (tertiary/aromatic N) is 2. The van der Waals surface area contributed by atoms with E-state index in [0.29, 0.717) is 13.1 Å². The van der Waals surface area contributed by atoms with Gasteiger partial charge in [0, 0.05) is 25.2 Å². The Kier molecular flexibility index (Phi) is 7.22. The number of halogens is 2. The number of sulfonamides is 1. The van der Waals surface area contributed by atoms with E-state index in [0.717, 1.165) is 31.5 Å². The highest BCUT2D eigenvalue weighted by atomic mass is 35.5. The van der Waals surface area contributed by atoms with E-state index in [4.69, 9.17) is 11.6 Å². The number of nitro benzene ring substituents is 1. The average molecular weight is 384 g/mol. The Bertz CT molecular complexity index is 667. The summed E-state index contributed by atoms with van der Waals surface area (Å²) in [6.45, 7) is 1.62. The van der Waals surface area contributed by atoms with E-state index in [1.54, 1.807) is 0 Å². The molecule has 1 heterocycles. The predicted octanol–water partition coefficient (Wildman–Crippen LogP) is 2.29. The summed E-state index contributed by atoms with van der Waals surface area (Å²) in [7, 11) is -1.90. The molecule has 0 aliphatic carbocycles. The minimum Gasteiger partial charge on any atom is -0.319 e. The molecule has 7 nitrogen and oxygen atoms in total. The topological polar surface area (TPSA) is 92.6 Å². The van der Waals surface area contributed by atoms with Gasteiger partial charge in [-0.3, -0.25) is 10.1 Å². The maximum Gasteiger partial charge on any atom is 0.271 e. The van der Waals surface area contributed by atoms with Crippen LogP contribution in [0.3, 0.4) is 0 Å².